The predicted octanol–water partition coefficient (Wildman–Crippen LogP) is 0.875. The molecule has 2 aromatic heterocycles. The van der Waals surface area contributed by atoms with Crippen molar-refractivity contribution in [3.8, 4) is 6.07 Å². The number of nitrogens with zero attached hydrogens (tertiary/aromatic N) is 3. The molecule has 0 radical (unpaired) electrons. The molecule has 14 heavy (non-hydrogen) atoms. The van der Waals surface area contributed by atoms with Crippen LogP contribution in [-0.2, 0) is 0 Å². The summed E-state index contributed by atoms with van der Waals surface area (Å²) in [6.07, 6.45) is 2.93. The highest BCUT2D eigenvalue weighted by molar-refractivity contribution is 5.42. The van der Waals surface area contributed by atoms with Crippen molar-refractivity contribution in [2.45, 2.75) is 6.92 Å². The molecule has 0 saturated heterocycles. The van der Waals surface area contributed by atoms with Gasteiger partial charge in [-0.3, -0.25) is 9.20 Å². The Bertz CT molecular complexity index is 592. The van der Waals surface area contributed by atoms with Crippen LogP contribution in [0.5, 0.6) is 0 Å². The van der Waals surface area contributed by atoms with E-state index in [4.69, 9.17) is 5.26 Å². The van der Waals surface area contributed by atoms with Gasteiger partial charge in [-0.05, 0) is 24.6 Å². The highest BCUT2D eigenvalue weighted by Gasteiger charge is 2.02. The Morgan fingerprint density at radius 3 is 3.07 bits per heavy atom. The van der Waals surface area contributed by atoms with Crippen molar-refractivity contribution in [1.29, 1.82) is 5.26 Å². The first-order valence-corrected chi connectivity index (χ1v) is 4.10. The Balaban J connectivity index is 2.93. The molecule has 0 bridgehead atoms. The third-order valence-electron chi connectivity index (χ3n) is 1.99. The van der Waals surface area contributed by atoms with E-state index in [1.54, 1.807) is 24.4 Å². The third kappa shape index (κ3) is 1.15. The van der Waals surface area contributed by atoms with Gasteiger partial charge in [-0.1, -0.05) is 0 Å². The molecular weight excluding hydrogens is 178 g/mol. The monoisotopic (exact) mass is 185 g/mol. The van der Waals surface area contributed by atoms with Crippen LogP contribution in [0.25, 0.3) is 5.65 Å². The fourth-order valence-corrected chi connectivity index (χ4v) is 1.25. The van der Waals surface area contributed by atoms with E-state index in [0.29, 0.717) is 5.65 Å². The van der Waals surface area contributed by atoms with Crippen LogP contribution in [-0.4, -0.2) is 9.38 Å². The smallest absolute Gasteiger partial charge is 0.267 e. The Labute approximate surface area is 80.1 Å². The zero-order valence-electron chi connectivity index (χ0n) is 7.56. The number of hydrogen-bond acceptors (Lipinski definition) is 3. The average molecular weight is 185 g/mol. The summed E-state index contributed by atoms with van der Waals surface area (Å²) in [6, 6.07) is 5.40. The van der Waals surface area contributed by atoms with Gasteiger partial charge in [-0.25, -0.2) is 4.98 Å². The number of nitriles is 1. The van der Waals surface area contributed by atoms with Crippen molar-refractivity contribution in [2.75, 3.05) is 0 Å². The van der Waals surface area contributed by atoms with Gasteiger partial charge in [0.25, 0.3) is 5.56 Å². The van der Waals surface area contributed by atoms with E-state index in [9.17, 15) is 4.79 Å². The van der Waals surface area contributed by atoms with E-state index < -0.39 is 0 Å². The van der Waals surface area contributed by atoms with Gasteiger partial charge in [0.2, 0.25) is 0 Å². The molecule has 0 N–H and O–H groups in total. The summed E-state index contributed by atoms with van der Waals surface area (Å²) < 4.78 is 1.37. The summed E-state index contributed by atoms with van der Waals surface area (Å²) in [5.41, 5.74) is 1.33. The molecule has 0 fully saturated rings. The summed E-state index contributed by atoms with van der Waals surface area (Å²) in [4.78, 5) is 15.6. The van der Waals surface area contributed by atoms with Crippen LogP contribution < -0.4 is 5.56 Å². The standard InChI is InChI=1S/C10H7N3O/c1-7-2-3-13-9(4-7)12-6-8(5-11)10(13)14/h2-4,6H,1H3. The molecule has 4 heteroatoms. The van der Waals surface area contributed by atoms with Crippen molar-refractivity contribution in [3.05, 3.63) is 46.0 Å². The largest absolute Gasteiger partial charge is 0.275 e. The lowest BCUT2D eigenvalue weighted by Crippen LogP contribution is -2.17. The quantitative estimate of drug-likeness (QED) is 0.612. The van der Waals surface area contributed by atoms with Gasteiger partial charge in [0.1, 0.15) is 17.3 Å². The number of fused-ring (bicyclic) bond motifs is 1. The van der Waals surface area contributed by atoms with Crippen molar-refractivity contribution < 1.29 is 0 Å². The molecule has 0 aliphatic carbocycles. The van der Waals surface area contributed by atoms with Gasteiger partial charge in [0.05, 0.1) is 6.20 Å². The normalized spacial score (nSPS) is 10.0. The number of rotatable bonds is 0. The van der Waals surface area contributed by atoms with Gasteiger partial charge < -0.3 is 0 Å². The van der Waals surface area contributed by atoms with Gasteiger partial charge in [0.15, 0.2) is 0 Å². The van der Waals surface area contributed by atoms with Crippen LogP contribution >= 0.6 is 0 Å². The lowest BCUT2D eigenvalue weighted by Gasteiger charge is -2.00. The maximum absolute atomic E-state index is 11.6. The second-order valence-corrected chi connectivity index (χ2v) is 3.02. The van der Waals surface area contributed by atoms with Crippen molar-refractivity contribution in [3.63, 3.8) is 0 Å². The first-order chi connectivity index (χ1) is 6.72. The second kappa shape index (κ2) is 2.96. The molecule has 0 aliphatic rings. The minimum absolute atomic E-state index is 0.0614. The SMILES string of the molecule is Cc1ccn2c(=O)c(C#N)cnc2c1. The lowest BCUT2D eigenvalue weighted by molar-refractivity contribution is 1.03. The first-order valence-electron chi connectivity index (χ1n) is 4.10. The number of pyridine rings is 1. The van der Waals surface area contributed by atoms with Gasteiger partial charge in [-0.2, -0.15) is 5.26 Å². The van der Waals surface area contributed by atoms with E-state index >= 15 is 0 Å². The molecule has 4 nitrogen and oxygen atoms in total. The number of aryl methyl sites for hydroxylation is 1. The summed E-state index contributed by atoms with van der Waals surface area (Å²) in [6.45, 7) is 1.92. The fraction of sp³-hybridized carbons (Fsp3) is 0.100. The van der Waals surface area contributed by atoms with Crippen LogP contribution in [0.1, 0.15) is 11.1 Å². The Morgan fingerprint density at radius 1 is 1.57 bits per heavy atom. The zero-order valence-corrected chi connectivity index (χ0v) is 7.56. The van der Waals surface area contributed by atoms with Crippen LogP contribution in [0, 0.1) is 18.3 Å². The zero-order chi connectivity index (χ0) is 10.1. The highest BCUT2D eigenvalue weighted by atomic mass is 16.1. The Kier molecular flexibility index (Phi) is 1.79. The van der Waals surface area contributed by atoms with Gasteiger partial charge in [-0.15, -0.1) is 0 Å². The molecule has 0 unspecified atom stereocenters. The molecule has 0 aromatic carbocycles. The summed E-state index contributed by atoms with van der Waals surface area (Å²) in [5, 5.41) is 8.63. The van der Waals surface area contributed by atoms with Crippen LogP contribution in [0.3, 0.4) is 0 Å². The molecule has 0 saturated carbocycles. The van der Waals surface area contributed by atoms with Gasteiger partial charge >= 0.3 is 0 Å². The molecule has 2 rings (SSSR count). The number of aromatic nitrogens is 2. The van der Waals surface area contributed by atoms with Crippen molar-refractivity contribution in [1.82, 2.24) is 9.38 Å². The van der Waals surface area contributed by atoms with Crippen molar-refractivity contribution in [2.24, 2.45) is 0 Å². The lowest BCUT2D eigenvalue weighted by atomic mass is 10.3. The summed E-state index contributed by atoms with van der Waals surface area (Å²) in [5.74, 6) is 0. The number of hydrogen-bond donors (Lipinski definition) is 0. The van der Waals surface area contributed by atoms with Crippen LogP contribution in [0.4, 0.5) is 0 Å². The second-order valence-electron chi connectivity index (χ2n) is 3.02. The van der Waals surface area contributed by atoms with Crippen LogP contribution in [0.15, 0.2) is 29.3 Å². The molecule has 0 aliphatic heterocycles. The van der Waals surface area contributed by atoms with Gasteiger partial charge in [0, 0.05) is 6.20 Å². The Hall–Kier alpha value is -2.15. The minimum Gasteiger partial charge on any atom is -0.267 e. The highest BCUT2D eigenvalue weighted by Crippen LogP contribution is 2.01. The minimum atomic E-state index is -0.322. The molecule has 0 atom stereocenters. The average Bonchev–Trinajstić information content (AvgIpc) is 2.18. The van der Waals surface area contributed by atoms with E-state index in [2.05, 4.69) is 4.98 Å². The van der Waals surface area contributed by atoms with Crippen molar-refractivity contribution >= 4 is 5.65 Å². The molecular formula is C10H7N3O. The first kappa shape index (κ1) is 8.45. The van der Waals surface area contributed by atoms with E-state index in [1.165, 1.54) is 10.6 Å². The Morgan fingerprint density at radius 2 is 2.36 bits per heavy atom. The maximum Gasteiger partial charge on any atom is 0.275 e. The third-order valence-corrected chi connectivity index (χ3v) is 1.99. The summed E-state index contributed by atoms with van der Waals surface area (Å²) >= 11 is 0. The molecule has 2 heterocycles. The predicted molar refractivity (Wildman–Crippen MR) is 50.9 cm³/mol. The molecule has 68 valence electrons. The molecule has 2 aromatic rings. The van der Waals surface area contributed by atoms with E-state index in [0.717, 1.165) is 5.56 Å². The van der Waals surface area contributed by atoms with E-state index in [1.807, 2.05) is 6.92 Å². The summed E-state index contributed by atoms with van der Waals surface area (Å²) in [7, 11) is 0. The maximum atomic E-state index is 11.6. The van der Waals surface area contributed by atoms with Crippen LogP contribution in [0.2, 0.25) is 0 Å². The fourth-order valence-electron chi connectivity index (χ4n) is 1.25. The topological polar surface area (TPSA) is 58.2 Å². The van der Waals surface area contributed by atoms with E-state index in [-0.39, 0.29) is 11.1 Å². The molecule has 0 spiro atoms. The molecule has 0 amide bonds.